The lowest BCUT2D eigenvalue weighted by atomic mass is 9.84. The van der Waals surface area contributed by atoms with Crippen molar-refractivity contribution in [2.45, 2.75) is 63.9 Å². The van der Waals surface area contributed by atoms with Crippen LogP contribution >= 0.6 is 0 Å². The van der Waals surface area contributed by atoms with Crippen molar-refractivity contribution in [1.29, 1.82) is 0 Å². The van der Waals surface area contributed by atoms with Crippen LogP contribution in [0.1, 0.15) is 40.0 Å². The quantitative estimate of drug-likeness (QED) is 0.322. The summed E-state index contributed by atoms with van der Waals surface area (Å²) < 4.78 is 16.7. The standard InChI is InChI=1S/C17H22O5/c1-9-7-14-12(10(2)16(19)21-14)5-6-17(4)15(22-17)8-13(9)20-11(3)18/h7,12-15H,2,5-6,8H2,1,3-4H3/b9-7-/t12-,13-,14+,15+,17-/m0/s1. The van der Waals surface area contributed by atoms with E-state index in [-0.39, 0.29) is 41.8 Å². The second-order valence-corrected chi connectivity index (χ2v) is 6.70. The second kappa shape index (κ2) is 5.23. The molecule has 5 atom stereocenters. The van der Waals surface area contributed by atoms with Gasteiger partial charge in [0, 0.05) is 24.8 Å². The molecule has 3 aliphatic rings. The summed E-state index contributed by atoms with van der Waals surface area (Å²) in [5.41, 5.74) is 1.22. The highest BCUT2D eigenvalue weighted by Gasteiger charge is 2.54. The van der Waals surface area contributed by atoms with Crippen molar-refractivity contribution < 1.29 is 23.8 Å². The van der Waals surface area contributed by atoms with E-state index >= 15 is 0 Å². The molecule has 0 amide bonds. The van der Waals surface area contributed by atoms with Crippen molar-refractivity contribution in [1.82, 2.24) is 0 Å². The van der Waals surface area contributed by atoms with Crippen LogP contribution in [-0.2, 0) is 23.8 Å². The summed E-state index contributed by atoms with van der Waals surface area (Å²) >= 11 is 0. The maximum atomic E-state index is 11.8. The van der Waals surface area contributed by atoms with E-state index in [0.29, 0.717) is 12.0 Å². The highest BCUT2D eigenvalue weighted by Crippen LogP contribution is 2.47. The number of carbonyl (C=O) groups is 2. The van der Waals surface area contributed by atoms with Gasteiger partial charge in [-0.1, -0.05) is 6.58 Å². The number of carbonyl (C=O) groups excluding carboxylic acids is 2. The molecular weight excluding hydrogens is 284 g/mol. The zero-order valence-electron chi connectivity index (χ0n) is 13.3. The summed E-state index contributed by atoms with van der Waals surface area (Å²) in [6.07, 6.45) is 3.62. The molecule has 5 heteroatoms. The Morgan fingerprint density at radius 1 is 1.50 bits per heavy atom. The van der Waals surface area contributed by atoms with Crippen molar-refractivity contribution in [2.75, 3.05) is 0 Å². The van der Waals surface area contributed by atoms with Gasteiger partial charge in [-0.05, 0) is 38.3 Å². The smallest absolute Gasteiger partial charge is 0.334 e. The van der Waals surface area contributed by atoms with E-state index in [2.05, 4.69) is 13.5 Å². The minimum atomic E-state index is -0.337. The lowest BCUT2D eigenvalue weighted by Gasteiger charge is -2.23. The fourth-order valence-corrected chi connectivity index (χ4v) is 3.46. The summed E-state index contributed by atoms with van der Waals surface area (Å²) in [4.78, 5) is 23.2. The number of epoxide rings is 1. The maximum Gasteiger partial charge on any atom is 0.334 e. The van der Waals surface area contributed by atoms with E-state index in [0.717, 1.165) is 18.4 Å². The SMILES string of the molecule is C=C1C(=O)O[C@@H]2/C=C(/C)[C@@H](OC(C)=O)C[C@H]3O[C@@]3(C)CC[C@@H]12. The predicted molar refractivity (Wildman–Crippen MR) is 79.0 cm³/mol. The third-order valence-corrected chi connectivity index (χ3v) is 5.01. The lowest BCUT2D eigenvalue weighted by Crippen LogP contribution is -2.27. The molecule has 0 unspecified atom stereocenters. The maximum absolute atomic E-state index is 11.8. The molecule has 22 heavy (non-hydrogen) atoms. The lowest BCUT2D eigenvalue weighted by molar-refractivity contribution is -0.145. The normalized spacial score (nSPS) is 43.3. The number of esters is 2. The van der Waals surface area contributed by atoms with Gasteiger partial charge < -0.3 is 14.2 Å². The first-order valence-corrected chi connectivity index (χ1v) is 7.73. The van der Waals surface area contributed by atoms with Crippen LogP contribution in [0.4, 0.5) is 0 Å². The fraction of sp³-hybridized carbons (Fsp3) is 0.647. The van der Waals surface area contributed by atoms with Crippen LogP contribution in [0.3, 0.4) is 0 Å². The van der Waals surface area contributed by atoms with Crippen LogP contribution in [0.5, 0.6) is 0 Å². The Hall–Kier alpha value is -1.62. The summed E-state index contributed by atoms with van der Waals surface area (Å²) in [6.45, 7) is 9.24. The number of hydrogen-bond acceptors (Lipinski definition) is 5. The van der Waals surface area contributed by atoms with Gasteiger partial charge in [0.1, 0.15) is 12.2 Å². The van der Waals surface area contributed by atoms with E-state index in [1.807, 2.05) is 13.0 Å². The minimum absolute atomic E-state index is 0.0276. The first-order chi connectivity index (χ1) is 10.3. The molecule has 0 spiro atoms. The third kappa shape index (κ3) is 2.70. The largest absolute Gasteiger partial charge is 0.458 e. The Morgan fingerprint density at radius 2 is 2.23 bits per heavy atom. The van der Waals surface area contributed by atoms with Crippen molar-refractivity contribution >= 4 is 11.9 Å². The van der Waals surface area contributed by atoms with Crippen LogP contribution in [0.25, 0.3) is 0 Å². The Kier molecular flexibility index (Phi) is 3.63. The van der Waals surface area contributed by atoms with Gasteiger partial charge in [0.05, 0.1) is 11.7 Å². The molecule has 2 aliphatic heterocycles. The van der Waals surface area contributed by atoms with Crippen molar-refractivity contribution in [3.8, 4) is 0 Å². The van der Waals surface area contributed by atoms with E-state index in [9.17, 15) is 9.59 Å². The van der Waals surface area contributed by atoms with E-state index in [1.54, 1.807) is 0 Å². The van der Waals surface area contributed by atoms with Gasteiger partial charge in [0.25, 0.3) is 0 Å². The van der Waals surface area contributed by atoms with Crippen LogP contribution in [0.2, 0.25) is 0 Å². The molecule has 0 saturated carbocycles. The van der Waals surface area contributed by atoms with Gasteiger partial charge in [0.2, 0.25) is 0 Å². The molecule has 0 N–H and O–H groups in total. The minimum Gasteiger partial charge on any atom is -0.458 e. The monoisotopic (exact) mass is 306 g/mol. The van der Waals surface area contributed by atoms with Crippen molar-refractivity contribution in [3.63, 3.8) is 0 Å². The fourth-order valence-electron chi connectivity index (χ4n) is 3.46. The zero-order chi connectivity index (χ0) is 16.1. The molecular formula is C17H22O5. The van der Waals surface area contributed by atoms with Crippen molar-refractivity contribution in [3.05, 3.63) is 23.8 Å². The van der Waals surface area contributed by atoms with Gasteiger partial charge in [0.15, 0.2) is 0 Å². The summed E-state index contributed by atoms with van der Waals surface area (Å²) in [6, 6.07) is 0. The topological polar surface area (TPSA) is 65.1 Å². The predicted octanol–water partition coefficient (Wildman–Crippen LogP) is 2.30. The van der Waals surface area contributed by atoms with Gasteiger partial charge in [-0.3, -0.25) is 4.79 Å². The molecule has 2 fully saturated rings. The summed E-state index contributed by atoms with van der Waals surface area (Å²) in [5, 5.41) is 0. The average molecular weight is 306 g/mol. The molecule has 0 aromatic carbocycles. The van der Waals surface area contributed by atoms with Crippen molar-refractivity contribution in [2.24, 2.45) is 5.92 Å². The molecule has 0 aromatic heterocycles. The van der Waals surface area contributed by atoms with E-state index < -0.39 is 0 Å². The van der Waals surface area contributed by atoms with Gasteiger partial charge >= 0.3 is 11.9 Å². The summed E-state index contributed by atoms with van der Waals surface area (Å²) in [7, 11) is 0. The highest BCUT2D eigenvalue weighted by atomic mass is 16.6. The molecule has 0 aromatic rings. The first kappa shape index (κ1) is 15.3. The molecule has 120 valence electrons. The molecule has 1 aliphatic carbocycles. The van der Waals surface area contributed by atoms with Crippen LogP contribution < -0.4 is 0 Å². The molecule has 2 saturated heterocycles. The van der Waals surface area contributed by atoms with Gasteiger partial charge in [-0.15, -0.1) is 0 Å². The number of rotatable bonds is 1. The Morgan fingerprint density at radius 3 is 2.91 bits per heavy atom. The van der Waals surface area contributed by atoms with Gasteiger partial charge in [-0.25, -0.2) is 4.79 Å². The Balaban J connectivity index is 1.90. The third-order valence-electron chi connectivity index (χ3n) is 5.01. The highest BCUT2D eigenvalue weighted by molar-refractivity contribution is 5.91. The first-order valence-electron chi connectivity index (χ1n) is 7.73. The number of fused-ring (bicyclic) bond motifs is 2. The Labute approximate surface area is 130 Å². The second-order valence-electron chi connectivity index (χ2n) is 6.70. The molecule has 0 bridgehead atoms. The zero-order valence-corrected chi connectivity index (χ0v) is 13.3. The van der Waals surface area contributed by atoms with Crippen LogP contribution in [0, 0.1) is 5.92 Å². The van der Waals surface area contributed by atoms with Crippen LogP contribution in [-0.4, -0.2) is 35.9 Å². The van der Waals surface area contributed by atoms with E-state index in [1.165, 1.54) is 6.92 Å². The molecule has 2 heterocycles. The van der Waals surface area contributed by atoms with E-state index in [4.69, 9.17) is 14.2 Å². The van der Waals surface area contributed by atoms with Gasteiger partial charge in [-0.2, -0.15) is 0 Å². The van der Waals surface area contributed by atoms with Crippen LogP contribution in [0.15, 0.2) is 23.8 Å². The average Bonchev–Trinajstić information content (AvgIpc) is 2.98. The Bertz CT molecular complexity index is 563. The summed E-state index contributed by atoms with van der Waals surface area (Å²) in [5.74, 6) is -0.678. The molecule has 0 radical (unpaired) electrons. The number of hydrogen-bond donors (Lipinski definition) is 0. The number of ether oxygens (including phenoxy) is 3. The molecule has 5 nitrogen and oxygen atoms in total. The molecule has 3 rings (SSSR count).